The molecule has 0 aliphatic heterocycles. The van der Waals surface area contributed by atoms with E-state index < -0.39 is 35.1 Å². The molecule has 0 N–H and O–H groups in total. The summed E-state index contributed by atoms with van der Waals surface area (Å²) >= 11 is 0. The number of ether oxygens (including phenoxy) is 2. The first kappa shape index (κ1) is 23.7. The molecule has 0 fully saturated rings. The minimum absolute atomic E-state index is 0.00949. The van der Waals surface area contributed by atoms with Crippen LogP contribution in [-0.4, -0.2) is 35.1 Å². The summed E-state index contributed by atoms with van der Waals surface area (Å²) in [5, 5.41) is 0. The second-order valence-electron chi connectivity index (χ2n) is 8.00. The van der Waals surface area contributed by atoms with Gasteiger partial charge in [-0.3, -0.25) is 28.8 Å². The first-order valence-corrected chi connectivity index (χ1v) is 11.1. The summed E-state index contributed by atoms with van der Waals surface area (Å²) < 4.78 is 10.2. The van der Waals surface area contributed by atoms with Gasteiger partial charge in [-0.2, -0.15) is 0 Å². The summed E-state index contributed by atoms with van der Waals surface area (Å²) in [5.41, 5.74) is 0.919. The molecular weight excluding hydrogens is 452 g/mol. The van der Waals surface area contributed by atoms with Gasteiger partial charge in [0, 0.05) is 47.2 Å². The van der Waals surface area contributed by atoms with Gasteiger partial charge in [-0.1, -0.05) is 55.0 Å². The Morgan fingerprint density at radius 1 is 0.543 bits per heavy atom. The van der Waals surface area contributed by atoms with Crippen LogP contribution >= 0.6 is 0 Å². The van der Waals surface area contributed by atoms with Crippen molar-refractivity contribution in [2.24, 2.45) is 0 Å². The number of unbranched alkanes of at least 4 members (excludes halogenated alkanes) is 2. The average molecular weight is 472 g/mol. The van der Waals surface area contributed by atoms with Gasteiger partial charge in [0.25, 0.3) is 0 Å². The third kappa shape index (κ3) is 5.22. The number of hydrogen-bond acceptors (Lipinski definition) is 8. The van der Waals surface area contributed by atoms with Crippen LogP contribution in [-0.2, 0) is 19.1 Å². The average Bonchev–Trinajstić information content (AvgIpc) is 2.85. The number of esters is 2. The Morgan fingerprint density at radius 3 is 1.31 bits per heavy atom. The summed E-state index contributed by atoms with van der Waals surface area (Å²) in [7, 11) is 0. The Bertz CT molecular complexity index is 1230. The highest BCUT2D eigenvalue weighted by Gasteiger charge is 2.29. The van der Waals surface area contributed by atoms with E-state index in [2.05, 4.69) is 0 Å². The van der Waals surface area contributed by atoms with Crippen LogP contribution in [0, 0.1) is 0 Å². The Kier molecular flexibility index (Phi) is 6.91. The molecule has 0 radical (unpaired) electrons. The summed E-state index contributed by atoms with van der Waals surface area (Å²) in [4.78, 5) is 73.3. The van der Waals surface area contributed by atoms with Crippen LogP contribution < -0.4 is 0 Å². The Labute approximate surface area is 200 Å². The fourth-order valence-electron chi connectivity index (χ4n) is 3.80. The molecule has 176 valence electrons. The summed E-state index contributed by atoms with van der Waals surface area (Å²) in [5.74, 6) is -3.78. The molecule has 4 rings (SSSR count). The van der Waals surface area contributed by atoms with Gasteiger partial charge in [-0.15, -0.1) is 0 Å². The maximum atomic E-state index is 12.4. The van der Waals surface area contributed by atoms with Crippen molar-refractivity contribution in [2.45, 2.75) is 32.1 Å². The smallest absolute Gasteiger partial charge is 0.311 e. The van der Waals surface area contributed by atoms with Crippen molar-refractivity contribution < 1.29 is 38.2 Å². The number of ketones is 4. The SMILES string of the molecule is O=C(CCCCCC(=O)OC1=CC(=O)c2ccccc2C1=O)OC1=CC(=O)c2ccccc2C1=O. The van der Waals surface area contributed by atoms with Crippen LogP contribution in [0.1, 0.15) is 73.5 Å². The monoisotopic (exact) mass is 472 g/mol. The lowest BCUT2D eigenvalue weighted by Gasteiger charge is -2.15. The lowest BCUT2D eigenvalue weighted by atomic mass is 9.94. The van der Waals surface area contributed by atoms with Crippen LogP contribution in [0.2, 0.25) is 0 Å². The highest BCUT2D eigenvalue weighted by atomic mass is 16.5. The van der Waals surface area contributed by atoms with E-state index >= 15 is 0 Å². The molecule has 0 aromatic heterocycles. The van der Waals surface area contributed by atoms with Gasteiger partial charge in [-0.25, -0.2) is 0 Å². The second-order valence-corrected chi connectivity index (χ2v) is 8.00. The van der Waals surface area contributed by atoms with E-state index in [1.165, 1.54) is 24.3 Å². The van der Waals surface area contributed by atoms with Crippen molar-refractivity contribution in [1.29, 1.82) is 0 Å². The number of carbonyl (C=O) groups is 6. The second kappa shape index (κ2) is 10.2. The molecule has 0 heterocycles. The number of benzene rings is 2. The Morgan fingerprint density at radius 2 is 0.914 bits per heavy atom. The predicted molar refractivity (Wildman–Crippen MR) is 122 cm³/mol. The number of hydrogen-bond donors (Lipinski definition) is 0. The fourth-order valence-corrected chi connectivity index (χ4v) is 3.80. The first-order chi connectivity index (χ1) is 16.8. The van der Waals surface area contributed by atoms with Crippen LogP contribution in [0.15, 0.2) is 72.2 Å². The number of Topliss-reactive ketones (excluding diaryl/α,β-unsaturated/α-hetero) is 2. The first-order valence-electron chi connectivity index (χ1n) is 11.1. The third-order valence-electron chi connectivity index (χ3n) is 5.56. The van der Waals surface area contributed by atoms with Crippen molar-refractivity contribution in [2.75, 3.05) is 0 Å². The quantitative estimate of drug-likeness (QED) is 0.418. The number of allylic oxidation sites excluding steroid dienone is 4. The lowest BCUT2D eigenvalue weighted by Crippen LogP contribution is -2.20. The van der Waals surface area contributed by atoms with Crippen LogP contribution in [0.5, 0.6) is 0 Å². The third-order valence-corrected chi connectivity index (χ3v) is 5.56. The molecule has 2 aliphatic carbocycles. The standard InChI is InChI=1S/C27H20O8/c28-20-14-22(26(32)18-10-6-4-8-16(18)20)34-24(30)12-2-1-3-13-25(31)35-23-15-21(29)17-9-5-7-11-19(17)27(23)33/h4-11,14-15H,1-3,12-13H2. The molecule has 0 amide bonds. The van der Waals surface area contributed by atoms with Gasteiger partial charge >= 0.3 is 11.9 Å². The fraction of sp³-hybridized carbons (Fsp3) is 0.185. The largest absolute Gasteiger partial charge is 0.422 e. The van der Waals surface area contributed by atoms with Crippen molar-refractivity contribution in [3.05, 3.63) is 94.5 Å². The zero-order valence-electron chi connectivity index (χ0n) is 18.6. The minimum atomic E-state index is -0.658. The van der Waals surface area contributed by atoms with Gasteiger partial charge in [0.1, 0.15) is 0 Å². The number of rotatable bonds is 8. The van der Waals surface area contributed by atoms with E-state index in [9.17, 15) is 28.8 Å². The van der Waals surface area contributed by atoms with Crippen molar-refractivity contribution in [1.82, 2.24) is 0 Å². The van der Waals surface area contributed by atoms with E-state index in [-0.39, 0.29) is 46.6 Å². The van der Waals surface area contributed by atoms with Gasteiger partial charge in [0.15, 0.2) is 23.1 Å². The molecule has 0 spiro atoms. The van der Waals surface area contributed by atoms with Gasteiger partial charge in [0.2, 0.25) is 11.6 Å². The van der Waals surface area contributed by atoms with E-state index in [4.69, 9.17) is 9.47 Å². The number of carbonyl (C=O) groups excluding carboxylic acids is 6. The Balaban J connectivity index is 1.19. The molecule has 0 saturated carbocycles. The number of fused-ring (bicyclic) bond motifs is 2. The van der Waals surface area contributed by atoms with Gasteiger partial charge in [-0.05, 0) is 12.8 Å². The molecule has 0 unspecified atom stereocenters. The normalized spacial score (nSPS) is 14.5. The topological polar surface area (TPSA) is 121 Å². The molecule has 0 bridgehead atoms. The molecule has 0 atom stereocenters. The maximum Gasteiger partial charge on any atom is 0.311 e. The van der Waals surface area contributed by atoms with E-state index in [0.29, 0.717) is 19.3 Å². The highest BCUT2D eigenvalue weighted by molar-refractivity contribution is 6.25. The van der Waals surface area contributed by atoms with Gasteiger partial charge < -0.3 is 9.47 Å². The van der Waals surface area contributed by atoms with E-state index in [0.717, 1.165) is 12.2 Å². The van der Waals surface area contributed by atoms with E-state index in [1.54, 1.807) is 24.3 Å². The molecule has 2 aliphatic rings. The van der Waals surface area contributed by atoms with Crippen molar-refractivity contribution >= 4 is 35.1 Å². The summed E-state index contributed by atoms with van der Waals surface area (Å²) in [6.45, 7) is 0. The summed E-state index contributed by atoms with van der Waals surface area (Å²) in [6.07, 6.45) is 3.26. The lowest BCUT2D eigenvalue weighted by molar-refractivity contribution is -0.139. The molecule has 2 aromatic rings. The molecule has 0 saturated heterocycles. The zero-order valence-corrected chi connectivity index (χ0v) is 18.6. The van der Waals surface area contributed by atoms with Gasteiger partial charge in [0.05, 0.1) is 0 Å². The van der Waals surface area contributed by atoms with Crippen LogP contribution in [0.4, 0.5) is 0 Å². The summed E-state index contributed by atoms with van der Waals surface area (Å²) in [6, 6.07) is 12.6. The molecule has 8 nitrogen and oxygen atoms in total. The molecule has 8 heteroatoms. The van der Waals surface area contributed by atoms with Crippen LogP contribution in [0.25, 0.3) is 0 Å². The Hall–Kier alpha value is -4.46. The zero-order chi connectivity index (χ0) is 24.9. The minimum Gasteiger partial charge on any atom is -0.422 e. The van der Waals surface area contributed by atoms with E-state index in [1.807, 2.05) is 0 Å². The molecular formula is C27H20O8. The predicted octanol–water partition coefficient (Wildman–Crippen LogP) is 3.95. The van der Waals surface area contributed by atoms with Crippen molar-refractivity contribution in [3.8, 4) is 0 Å². The maximum absolute atomic E-state index is 12.4. The molecule has 35 heavy (non-hydrogen) atoms. The van der Waals surface area contributed by atoms with Crippen molar-refractivity contribution in [3.63, 3.8) is 0 Å². The van der Waals surface area contributed by atoms with Crippen LogP contribution in [0.3, 0.4) is 0 Å². The highest BCUT2D eigenvalue weighted by Crippen LogP contribution is 2.24. The molecule has 2 aromatic carbocycles.